The van der Waals surface area contributed by atoms with E-state index in [4.69, 9.17) is 14.5 Å². The number of fused-ring (bicyclic) bond motifs is 1. The topological polar surface area (TPSA) is 78.5 Å². The first kappa shape index (κ1) is 22.2. The van der Waals surface area contributed by atoms with Crippen LogP contribution in [0.15, 0.2) is 60.8 Å². The quantitative estimate of drug-likeness (QED) is 0.403. The highest BCUT2D eigenvalue weighted by Crippen LogP contribution is 2.31. The predicted octanol–water partition coefficient (Wildman–Crippen LogP) is 4.49. The summed E-state index contributed by atoms with van der Waals surface area (Å²) < 4.78 is 11.6. The van der Waals surface area contributed by atoms with Gasteiger partial charge in [0.15, 0.2) is 0 Å². The molecule has 0 radical (unpaired) electrons. The molecule has 1 aliphatic rings. The maximum atomic E-state index is 6.15. The van der Waals surface area contributed by atoms with Crippen molar-refractivity contribution in [2.45, 2.75) is 6.92 Å². The van der Waals surface area contributed by atoms with Crippen molar-refractivity contribution in [3.63, 3.8) is 0 Å². The molecule has 2 aromatic heterocycles. The minimum absolute atomic E-state index is 0.591. The first-order valence-corrected chi connectivity index (χ1v) is 11.6. The molecule has 34 heavy (non-hydrogen) atoms. The normalized spacial score (nSPS) is 14.3. The van der Waals surface area contributed by atoms with Crippen LogP contribution in [0.1, 0.15) is 5.69 Å². The maximum Gasteiger partial charge on any atom is 0.231 e. The number of nitrogens with one attached hydrogen (secondary N) is 2. The zero-order chi connectivity index (χ0) is 23.3. The summed E-state index contributed by atoms with van der Waals surface area (Å²) in [7, 11) is 1.96. The van der Waals surface area contributed by atoms with Crippen LogP contribution in [0.2, 0.25) is 0 Å². The molecule has 2 N–H and O–H groups in total. The van der Waals surface area contributed by atoms with E-state index in [9.17, 15) is 0 Å². The third kappa shape index (κ3) is 5.13. The number of hydrogen-bond donors (Lipinski definition) is 2. The van der Waals surface area contributed by atoms with Crippen LogP contribution in [0.5, 0.6) is 5.75 Å². The molecule has 3 heterocycles. The van der Waals surface area contributed by atoms with E-state index in [0.29, 0.717) is 12.6 Å². The number of benzene rings is 2. The standard InChI is InChI=1S/C26H30N6O2/c1-19-17-20-18-21(7-8-22(20)28-19)29-25-9-10-27-26(30-25)31(2)23-5-3-4-6-24(23)34-16-13-32-11-14-33-15-12-32/h3-10,17-18,28H,11-16H2,1-2H3,(H,27,29,30). The van der Waals surface area contributed by atoms with Crippen LogP contribution in [0.25, 0.3) is 10.9 Å². The molecule has 176 valence electrons. The van der Waals surface area contributed by atoms with Gasteiger partial charge in [0.2, 0.25) is 5.95 Å². The molecule has 2 aromatic carbocycles. The summed E-state index contributed by atoms with van der Waals surface area (Å²) in [4.78, 5) is 16.9. The van der Waals surface area contributed by atoms with Gasteiger partial charge >= 0.3 is 0 Å². The molecule has 1 saturated heterocycles. The van der Waals surface area contributed by atoms with Gasteiger partial charge in [0.1, 0.15) is 18.2 Å². The number of morpholine rings is 1. The Hall–Kier alpha value is -3.62. The largest absolute Gasteiger partial charge is 0.490 e. The lowest BCUT2D eigenvalue weighted by atomic mass is 10.2. The van der Waals surface area contributed by atoms with Crippen molar-refractivity contribution in [2.75, 3.05) is 56.7 Å². The van der Waals surface area contributed by atoms with E-state index in [0.717, 1.165) is 72.4 Å². The average Bonchev–Trinajstić information content (AvgIpc) is 3.24. The van der Waals surface area contributed by atoms with Gasteiger partial charge in [-0.25, -0.2) is 4.98 Å². The fourth-order valence-corrected chi connectivity index (χ4v) is 4.16. The summed E-state index contributed by atoms with van der Waals surface area (Å²) in [5, 5.41) is 4.56. The highest BCUT2D eigenvalue weighted by Gasteiger charge is 2.15. The second-order valence-corrected chi connectivity index (χ2v) is 8.45. The molecule has 8 nitrogen and oxygen atoms in total. The number of aromatic nitrogens is 3. The summed E-state index contributed by atoms with van der Waals surface area (Å²) in [5.74, 6) is 2.13. The molecule has 0 spiro atoms. The Morgan fingerprint density at radius 1 is 1.12 bits per heavy atom. The van der Waals surface area contributed by atoms with Crippen LogP contribution < -0.4 is 15.0 Å². The van der Waals surface area contributed by atoms with Crippen LogP contribution in [0.3, 0.4) is 0 Å². The SMILES string of the molecule is Cc1cc2cc(Nc3ccnc(N(C)c4ccccc4OCCN4CCOCC4)n3)ccc2[nH]1. The first-order chi connectivity index (χ1) is 16.7. The number of aromatic amines is 1. The Morgan fingerprint density at radius 2 is 1.97 bits per heavy atom. The maximum absolute atomic E-state index is 6.15. The van der Waals surface area contributed by atoms with Gasteiger partial charge in [-0.1, -0.05) is 12.1 Å². The second kappa shape index (κ2) is 10.1. The molecule has 0 bridgehead atoms. The lowest BCUT2D eigenvalue weighted by Crippen LogP contribution is -2.38. The zero-order valence-corrected chi connectivity index (χ0v) is 19.6. The van der Waals surface area contributed by atoms with E-state index in [1.165, 1.54) is 0 Å². The molecule has 0 unspecified atom stereocenters. The fourth-order valence-electron chi connectivity index (χ4n) is 4.16. The number of para-hydroxylation sites is 2. The van der Waals surface area contributed by atoms with E-state index >= 15 is 0 Å². The molecular weight excluding hydrogens is 428 g/mol. The Kier molecular flexibility index (Phi) is 6.60. The second-order valence-electron chi connectivity index (χ2n) is 8.45. The molecular formula is C26H30N6O2. The van der Waals surface area contributed by atoms with Crippen LogP contribution in [-0.2, 0) is 4.74 Å². The van der Waals surface area contributed by atoms with Crippen molar-refractivity contribution in [3.8, 4) is 5.75 Å². The highest BCUT2D eigenvalue weighted by molar-refractivity contribution is 5.84. The number of hydrogen-bond acceptors (Lipinski definition) is 7. The average molecular weight is 459 g/mol. The smallest absolute Gasteiger partial charge is 0.231 e. The van der Waals surface area contributed by atoms with Crippen molar-refractivity contribution in [2.24, 2.45) is 0 Å². The van der Waals surface area contributed by atoms with E-state index in [-0.39, 0.29) is 0 Å². The molecule has 0 amide bonds. The lowest BCUT2D eigenvalue weighted by Gasteiger charge is -2.27. The monoisotopic (exact) mass is 458 g/mol. The zero-order valence-electron chi connectivity index (χ0n) is 19.6. The van der Waals surface area contributed by atoms with E-state index < -0.39 is 0 Å². The summed E-state index contributed by atoms with van der Waals surface area (Å²) in [6.45, 7) is 7.05. The number of nitrogens with zero attached hydrogens (tertiary/aromatic N) is 4. The molecule has 0 aliphatic carbocycles. The summed E-state index contributed by atoms with van der Waals surface area (Å²) in [6.07, 6.45) is 1.77. The predicted molar refractivity (Wildman–Crippen MR) is 136 cm³/mol. The van der Waals surface area contributed by atoms with Crippen LogP contribution >= 0.6 is 0 Å². The van der Waals surface area contributed by atoms with Crippen molar-refractivity contribution < 1.29 is 9.47 Å². The number of rotatable bonds is 8. The van der Waals surface area contributed by atoms with Crippen molar-refractivity contribution in [1.82, 2.24) is 19.9 Å². The Bertz CT molecular complexity index is 1250. The van der Waals surface area contributed by atoms with E-state index in [2.05, 4.69) is 45.3 Å². The first-order valence-electron chi connectivity index (χ1n) is 11.6. The summed E-state index contributed by atoms with van der Waals surface area (Å²) in [5.41, 5.74) is 4.16. The molecule has 0 saturated carbocycles. The van der Waals surface area contributed by atoms with Gasteiger partial charge in [-0.2, -0.15) is 4.98 Å². The number of anilines is 4. The van der Waals surface area contributed by atoms with Crippen molar-refractivity contribution in [1.29, 1.82) is 0 Å². The molecule has 5 rings (SSSR count). The van der Waals surface area contributed by atoms with Gasteiger partial charge in [0.25, 0.3) is 0 Å². The van der Waals surface area contributed by atoms with Crippen LogP contribution in [-0.4, -0.2) is 66.4 Å². The highest BCUT2D eigenvalue weighted by atomic mass is 16.5. The van der Waals surface area contributed by atoms with Gasteiger partial charge < -0.3 is 24.7 Å². The summed E-state index contributed by atoms with van der Waals surface area (Å²) in [6, 6.07) is 18.2. The van der Waals surface area contributed by atoms with Crippen molar-refractivity contribution >= 4 is 34.0 Å². The van der Waals surface area contributed by atoms with Gasteiger partial charge in [-0.15, -0.1) is 0 Å². The fraction of sp³-hybridized carbons (Fsp3) is 0.308. The van der Waals surface area contributed by atoms with Crippen LogP contribution in [0.4, 0.5) is 23.1 Å². The van der Waals surface area contributed by atoms with E-state index in [1.807, 2.05) is 48.3 Å². The van der Waals surface area contributed by atoms with Gasteiger partial charge in [0, 0.05) is 55.2 Å². The molecule has 0 atom stereocenters. The van der Waals surface area contributed by atoms with Gasteiger partial charge in [-0.3, -0.25) is 4.90 Å². The lowest BCUT2D eigenvalue weighted by molar-refractivity contribution is 0.0323. The Balaban J connectivity index is 1.28. The number of aryl methyl sites for hydroxylation is 1. The Morgan fingerprint density at radius 3 is 2.85 bits per heavy atom. The molecule has 8 heteroatoms. The third-order valence-electron chi connectivity index (χ3n) is 5.97. The number of ether oxygens (including phenoxy) is 2. The molecule has 4 aromatic rings. The number of H-pyrrole nitrogens is 1. The minimum atomic E-state index is 0.591. The molecule has 1 fully saturated rings. The van der Waals surface area contributed by atoms with Crippen LogP contribution in [0, 0.1) is 6.92 Å². The minimum Gasteiger partial charge on any atom is -0.490 e. The van der Waals surface area contributed by atoms with Gasteiger partial charge in [-0.05, 0) is 49.4 Å². The van der Waals surface area contributed by atoms with E-state index in [1.54, 1.807) is 6.20 Å². The third-order valence-corrected chi connectivity index (χ3v) is 5.97. The summed E-state index contributed by atoms with van der Waals surface area (Å²) >= 11 is 0. The Labute approximate surface area is 199 Å². The van der Waals surface area contributed by atoms with Gasteiger partial charge in [0.05, 0.1) is 18.9 Å². The molecule has 1 aliphatic heterocycles. The van der Waals surface area contributed by atoms with Crippen molar-refractivity contribution in [3.05, 3.63) is 66.5 Å².